The van der Waals surface area contributed by atoms with Gasteiger partial charge in [0.1, 0.15) is 0 Å². The lowest BCUT2D eigenvalue weighted by Crippen LogP contribution is -3.61. The second kappa shape index (κ2) is 9.15. The molecule has 128 valence electrons. The Bertz CT molecular complexity index is 850. The molecule has 4 rings (SSSR count). The van der Waals surface area contributed by atoms with E-state index >= 15 is 0 Å². The standard InChI is InChI=1S/C24H18I.BrH/c1-3-7-19(8-4-1)21-11-15-23(16-12-21)25-24-17-13-22(14-18-24)20-9-5-2-6-10-20;/h1-18H;1H/q+1;/p-1. The fourth-order valence-corrected chi connectivity index (χ4v) is 4.96. The van der Waals surface area contributed by atoms with E-state index in [1.54, 1.807) is 0 Å². The van der Waals surface area contributed by atoms with Crippen LogP contribution in [0.5, 0.6) is 0 Å². The summed E-state index contributed by atoms with van der Waals surface area (Å²) in [6.07, 6.45) is 0. The SMILES string of the molecule is [Br-].c1ccc(-c2ccc([I+]c3ccc(-c4ccccc4)cc3)cc2)cc1. The molecule has 0 amide bonds. The van der Waals surface area contributed by atoms with Gasteiger partial charge in [-0.25, -0.2) is 0 Å². The molecule has 0 aliphatic heterocycles. The lowest BCUT2D eigenvalue weighted by molar-refractivity contribution is -0.597. The lowest BCUT2D eigenvalue weighted by atomic mass is 10.1. The maximum atomic E-state index is 2.28. The Kier molecular flexibility index (Phi) is 6.64. The Hall–Kier alpha value is -1.91. The van der Waals surface area contributed by atoms with Gasteiger partial charge in [-0.2, -0.15) is 0 Å². The molecule has 0 spiro atoms. The first-order chi connectivity index (χ1) is 12.4. The van der Waals surface area contributed by atoms with Gasteiger partial charge in [-0.1, -0.05) is 60.7 Å². The zero-order valence-corrected chi connectivity index (χ0v) is 17.9. The number of hydrogen-bond acceptors (Lipinski definition) is 0. The molecule has 0 aromatic heterocycles. The molecule has 0 heterocycles. The molecule has 0 nitrogen and oxygen atoms in total. The van der Waals surface area contributed by atoms with Crippen LogP contribution in [-0.4, -0.2) is 0 Å². The molecule has 0 atom stereocenters. The molecule has 0 aliphatic rings. The van der Waals surface area contributed by atoms with Crippen LogP contribution in [0.3, 0.4) is 0 Å². The second-order valence-electron chi connectivity index (χ2n) is 5.84. The van der Waals surface area contributed by atoms with Crippen LogP contribution in [0.25, 0.3) is 22.3 Å². The average molecular weight is 513 g/mol. The van der Waals surface area contributed by atoms with Crippen LogP contribution >= 0.6 is 0 Å². The molecule has 26 heavy (non-hydrogen) atoms. The van der Waals surface area contributed by atoms with E-state index in [1.165, 1.54) is 29.4 Å². The van der Waals surface area contributed by atoms with Gasteiger partial charge in [0, 0.05) is 0 Å². The number of rotatable bonds is 4. The largest absolute Gasteiger partial charge is 1.00 e. The van der Waals surface area contributed by atoms with Gasteiger partial charge >= 0.3 is 21.2 Å². The third-order valence-electron chi connectivity index (χ3n) is 4.12. The monoisotopic (exact) mass is 512 g/mol. The van der Waals surface area contributed by atoms with Gasteiger partial charge in [-0.15, -0.1) is 0 Å². The zero-order valence-electron chi connectivity index (χ0n) is 14.1. The molecule has 0 aliphatic carbocycles. The molecular weight excluding hydrogens is 495 g/mol. The summed E-state index contributed by atoms with van der Waals surface area (Å²) in [5, 5.41) is 0. The minimum atomic E-state index is -0.137. The summed E-state index contributed by atoms with van der Waals surface area (Å²) in [5.41, 5.74) is 5.12. The van der Waals surface area contributed by atoms with Gasteiger partial charge in [0.05, 0.1) is 0 Å². The van der Waals surface area contributed by atoms with Gasteiger partial charge in [0.15, 0.2) is 7.14 Å². The van der Waals surface area contributed by atoms with E-state index in [0.717, 1.165) is 0 Å². The first-order valence-corrected chi connectivity index (χ1v) is 10.5. The van der Waals surface area contributed by atoms with Gasteiger partial charge in [-0.05, 0) is 70.8 Å². The van der Waals surface area contributed by atoms with Crippen LogP contribution in [0.15, 0.2) is 109 Å². The molecule has 0 bridgehead atoms. The van der Waals surface area contributed by atoms with E-state index in [9.17, 15) is 0 Å². The van der Waals surface area contributed by atoms with Crippen molar-refractivity contribution in [3.05, 3.63) is 116 Å². The minimum Gasteiger partial charge on any atom is -1.00 e. The summed E-state index contributed by atoms with van der Waals surface area (Å²) in [5.74, 6) is 0. The van der Waals surface area contributed by atoms with Crippen LogP contribution < -0.4 is 38.2 Å². The smallest absolute Gasteiger partial charge is 0.357 e. The summed E-state index contributed by atoms with van der Waals surface area (Å²) in [6.45, 7) is 0. The van der Waals surface area contributed by atoms with Crippen molar-refractivity contribution in [3.8, 4) is 22.3 Å². The Balaban J connectivity index is 0.00000196. The summed E-state index contributed by atoms with van der Waals surface area (Å²) in [4.78, 5) is 0. The fraction of sp³-hybridized carbons (Fsp3) is 0. The van der Waals surface area contributed by atoms with Crippen LogP contribution in [0.2, 0.25) is 0 Å². The minimum absolute atomic E-state index is 0. The highest BCUT2D eigenvalue weighted by molar-refractivity contribution is 5.63. The van der Waals surface area contributed by atoms with Crippen LogP contribution in [0.1, 0.15) is 0 Å². The first-order valence-electron chi connectivity index (χ1n) is 8.34. The predicted octanol–water partition coefficient (Wildman–Crippen LogP) is 0.153. The van der Waals surface area contributed by atoms with Gasteiger partial charge < -0.3 is 17.0 Å². The highest BCUT2D eigenvalue weighted by Crippen LogP contribution is 2.18. The first kappa shape index (κ1) is 18.9. The van der Waals surface area contributed by atoms with Crippen molar-refractivity contribution in [3.63, 3.8) is 0 Å². The second-order valence-corrected chi connectivity index (χ2v) is 8.87. The molecule has 0 saturated heterocycles. The molecule has 2 heteroatoms. The molecule has 0 unspecified atom stereocenters. The highest BCUT2D eigenvalue weighted by atomic mass is 127. The Labute approximate surface area is 176 Å². The number of hydrogen-bond donors (Lipinski definition) is 0. The van der Waals surface area contributed by atoms with Gasteiger partial charge in [0.2, 0.25) is 0 Å². The Morgan fingerprint density at radius 3 is 1.00 bits per heavy atom. The van der Waals surface area contributed by atoms with Crippen molar-refractivity contribution in [2.45, 2.75) is 0 Å². The third kappa shape index (κ3) is 4.63. The molecule has 4 aromatic rings. The van der Waals surface area contributed by atoms with Crippen molar-refractivity contribution in [2.75, 3.05) is 0 Å². The summed E-state index contributed by atoms with van der Waals surface area (Å²) < 4.78 is 2.90. The molecular formula is C24H18BrI. The van der Waals surface area contributed by atoms with Crippen molar-refractivity contribution in [2.24, 2.45) is 0 Å². The average Bonchev–Trinajstić information content (AvgIpc) is 2.71. The topological polar surface area (TPSA) is 0 Å². The van der Waals surface area contributed by atoms with E-state index < -0.39 is 0 Å². The maximum Gasteiger partial charge on any atom is 0.357 e. The van der Waals surface area contributed by atoms with E-state index in [1.807, 2.05) is 0 Å². The highest BCUT2D eigenvalue weighted by Gasteiger charge is 2.15. The Morgan fingerprint density at radius 1 is 0.346 bits per heavy atom. The van der Waals surface area contributed by atoms with Gasteiger partial charge in [0.25, 0.3) is 0 Å². The van der Waals surface area contributed by atoms with E-state index in [4.69, 9.17) is 0 Å². The third-order valence-corrected chi connectivity index (χ3v) is 6.80. The zero-order chi connectivity index (χ0) is 16.9. The molecule has 4 aromatic carbocycles. The van der Waals surface area contributed by atoms with Crippen LogP contribution in [0.4, 0.5) is 0 Å². The number of benzene rings is 4. The normalized spacial score (nSPS) is 10.2. The van der Waals surface area contributed by atoms with Gasteiger partial charge in [-0.3, -0.25) is 0 Å². The number of halogens is 2. The van der Waals surface area contributed by atoms with E-state index in [2.05, 4.69) is 109 Å². The molecule has 0 radical (unpaired) electrons. The van der Waals surface area contributed by atoms with E-state index in [0.29, 0.717) is 0 Å². The molecule has 0 fully saturated rings. The van der Waals surface area contributed by atoms with Crippen molar-refractivity contribution < 1.29 is 38.2 Å². The van der Waals surface area contributed by atoms with Crippen LogP contribution in [0, 0.1) is 7.14 Å². The van der Waals surface area contributed by atoms with Crippen molar-refractivity contribution in [1.29, 1.82) is 0 Å². The predicted molar refractivity (Wildman–Crippen MR) is 101 cm³/mol. The fourth-order valence-electron chi connectivity index (χ4n) is 2.80. The van der Waals surface area contributed by atoms with Crippen molar-refractivity contribution in [1.82, 2.24) is 0 Å². The maximum absolute atomic E-state index is 2.28. The van der Waals surface area contributed by atoms with Crippen LogP contribution in [-0.2, 0) is 0 Å². The summed E-state index contributed by atoms with van der Waals surface area (Å²) in [6, 6.07) is 39.2. The molecule has 0 N–H and O–H groups in total. The summed E-state index contributed by atoms with van der Waals surface area (Å²) >= 11 is -0.137. The molecule has 0 saturated carbocycles. The quantitative estimate of drug-likeness (QED) is 0.342. The summed E-state index contributed by atoms with van der Waals surface area (Å²) in [7, 11) is 0. The van der Waals surface area contributed by atoms with Crippen molar-refractivity contribution >= 4 is 0 Å². The lowest BCUT2D eigenvalue weighted by Gasteiger charge is -2.00. The Morgan fingerprint density at radius 2 is 0.654 bits per heavy atom. The van der Waals surface area contributed by atoms with E-state index in [-0.39, 0.29) is 38.2 Å².